The molecule has 0 aliphatic heterocycles. The highest BCUT2D eigenvalue weighted by molar-refractivity contribution is 9.10. The van der Waals surface area contributed by atoms with E-state index in [2.05, 4.69) is 34.5 Å². The first kappa shape index (κ1) is 16.0. The van der Waals surface area contributed by atoms with E-state index in [1.165, 1.54) is 0 Å². The smallest absolute Gasteiger partial charge is 0.208 e. The fraction of sp³-hybridized carbons (Fsp3) is 0.600. The van der Waals surface area contributed by atoms with E-state index in [9.17, 15) is 8.42 Å². The van der Waals surface area contributed by atoms with Crippen LogP contribution in [0.3, 0.4) is 0 Å². The molecule has 0 amide bonds. The molecule has 2 rings (SSSR count). The molecule has 0 spiro atoms. The Bertz CT molecular complexity index is 586. The van der Waals surface area contributed by atoms with Crippen molar-refractivity contribution in [3.8, 4) is 0 Å². The fourth-order valence-electron chi connectivity index (χ4n) is 2.59. The van der Waals surface area contributed by atoms with Gasteiger partial charge in [-0.25, -0.2) is 13.1 Å². The van der Waals surface area contributed by atoms with E-state index in [4.69, 9.17) is 0 Å². The van der Waals surface area contributed by atoms with E-state index < -0.39 is 10.0 Å². The molecule has 0 bridgehead atoms. The van der Waals surface area contributed by atoms with Crippen molar-refractivity contribution >= 4 is 26.0 Å². The predicted octanol–water partition coefficient (Wildman–Crippen LogP) is 4.00. The molecular weight excluding hydrogens is 338 g/mol. The average Bonchev–Trinajstić information content (AvgIpc) is 2.35. The van der Waals surface area contributed by atoms with Gasteiger partial charge in [-0.15, -0.1) is 0 Å². The number of hydrogen-bond acceptors (Lipinski definition) is 2. The molecule has 0 heterocycles. The molecule has 20 heavy (non-hydrogen) atoms. The zero-order valence-corrected chi connectivity index (χ0v) is 14.6. The van der Waals surface area contributed by atoms with Gasteiger partial charge in [0.05, 0.1) is 4.90 Å². The number of sulfonamides is 1. The van der Waals surface area contributed by atoms with Crippen LogP contribution in [-0.4, -0.2) is 14.5 Å². The van der Waals surface area contributed by atoms with Crippen molar-refractivity contribution < 1.29 is 8.42 Å². The quantitative estimate of drug-likeness (QED) is 0.886. The lowest BCUT2D eigenvalue weighted by Gasteiger charge is -2.34. The van der Waals surface area contributed by atoms with Gasteiger partial charge in [0, 0.05) is 10.5 Å². The summed E-state index contributed by atoms with van der Waals surface area (Å²) >= 11 is 3.39. The molecule has 1 fully saturated rings. The topological polar surface area (TPSA) is 46.2 Å². The zero-order chi connectivity index (χ0) is 15.0. The second kappa shape index (κ2) is 5.78. The Hall–Kier alpha value is -0.390. The highest BCUT2D eigenvalue weighted by Crippen LogP contribution is 2.35. The number of aryl methyl sites for hydroxylation is 1. The van der Waals surface area contributed by atoms with Gasteiger partial charge in [-0.05, 0) is 61.8 Å². The van der Waals surface area contributed by atoms with Gasteiger partial charge in [0.15, 0.2) is 0 Å². The van der Waals surface area contributed by atoms with Crippen molar-refractivity contribution in [1.29, 1.82) is 0 Å². The van der Waals surface area contributed by atoms with Crippen molar-refractivity contribution in [2.45, 2.75) is 57.4 Å². The van der Waals surface area contributed by atoms with Crippen LogP contribution in [0.4, 0.5) is 0 Å². The second-order valence-electron chi connectivity index (χ2n) is 6.47. The van der Waals surface area contributed by atoms with Crippen LogP contribution in [-0.2, 0) is 10.0 Å². The molecule has 112 valence electrons. The summed E-state index contributed by atoms with van der Waals surface area (Å²) < 4.78 is 28.6. The highest BCUT2D eigenvalue weighted by Gasteiger charge is 2.29. The van der Waals surface area contributed by atoms with Crippen LogP contribution in [0.15, 0.2) is 27.6 Å². The summed E-state index contributed by atoms with van der Waals surface area (Å²) in [6, 6.07) is 5.20. The van der Waals surface area contributed by atoms with Gasteiger partial charge in [0.2, 0.25) is 10.0 Å². The maximum atomic E-state index is 12.4. The number of nitrogens with one attached hydrogen (secondary N) is 1. The van der Waals surface area contributed by atoms with Crippen LogP contribution in [0.2, 0.25) is 0 Å². The van der Waals surface area contributed by atoms with Gasteiger partial charge in [-0.3, -0.25) is 0 Å². The maximum Gasteiger partial charge on any atom is 0.240 e. The minimum absolute atomic E-state index is 0.0666. The molecule has 1 aromatic rings. The van der Waals surface area contributed by atoms with Crippen LogP contribution in [0.1, 0.15) is 45.1 Å². The number of benzene rings is 1. The lowest BCUT2D eigenvalue weighted by molar-refractivity contribution is 0.218. The summed E-state index contributed by atoms with van der Waals surface area (Å²) in [5, 5.41) is 0. The molecule has 0 saturated heterocycles. The van der Waals surface area contributed by atoms with Crippen LogP contribution >= 0.6 is 15.9 Å². The summed E-state index contributed by atoms with van der Waals surface area (Å²) in [5.74, 6) is 0. The molecular formula is C15H22BrNO2S. The Morgan fingerprint density at radius 3 is 2.40 bits per heavy atom. The molecule has 1 N–H and O–H groups in total. The minimum Gasteiger partial charge on any atom is -0.208 e. The normalized spacial score (nSPS) is 20.0. The largest absolute Gasteiger partial charge is 0.240 e. The monoisotopic (exact) mass is 359 g/mol. The van der Waals surface area contributed by atoms with Gasteiger partial charge >= 0.3 is 0 Å². The molecule has 1 aliphatic carbocycles. The van der Waals surface area contributed by atoms with E-state index in [0.717, 1.165) is 35.7 Å². The summed E-state index contributed by atoms with van der Waals surface area (Å²) in [4.78, 5) is 0.350. The van der Waals surface area contributed by atoms with E-state index >= 15 is 0 Å². The van der Waals surface area contributed by atoms with Crippen molar-refractivity contribution in [3.05, 3.63) is 28.2 Å². The Labute approximate surface area is 130 Å². The van der Waals surface area contributed by atoms with Crippen LogP contribution in [0.25, 0.3) is 0 Å². The van der Waals surface area contributed by atoms with Crippen molar-refractivity contribution in [2.75, 3.05) is 0 Å². The molecule has 0 unspecified atom stereocenters. The number of rotatable bonds is 3. The third kappa shape index (κ3) is 3.83. The molecule has 1 aliphatic rings. The number of halogens is 1. The Morgan fingerprint density at radius 1 is 1.25 bits per heavy atom. The van der Waals surface area contributed by atoms with E-state index in [0.29, 0.717) is 10.3 Å². The molecule has 1 aromatic carbocycles. The van der Waals surface area contributed by atoms with Gasteiger partial charge < -0.3 is 0 Å². The summed E-state index contributed by atoms with van der Waals surface area (Å²) in [7, 11) is -3.41. The first-order chi connectivity index (χ1) is 9.20. The first-order valence-electron chi connectivity index (χ1n) is 6.98. The lowest BCUT2D eigenvalue weighted by Crippen LogP contribution is -2.39. The van der Waals surface area contributed by atoms with Gasteiger partial charge in [-0.2, -0.15) is 0 Å². The van der Waals surface area contributed by atoms with Gasteiger partial charge in [0.25, 0.3) is 0 Å². The molecule has 5 heteroatoms. The minimum atomic E-state index is -3.41. The van der Waals surface area contributed by atoms with Crippen molar-refractivity contribution in [1.82, 2.24) is 4.72 Å². The van der Waals surface area contributed by atoms with Crippen LogP contribution in [0, 0.1) is 12.3 Å². The molecule has 0 atom stereocenters. The highest BCUT2D eigenvalue weighted by atomic mass is 79.9. The Kier molecular flexibility index (Phi) is 4.62. The van der Waals surface area contributed by atoms with Crippen molar-refractivity contribution in [3.63, 3.8) is 0 Å². The van der Waals surface area contributed by atoms with E-state index in [-0.39, 0.29) is 6.04 Å². The summed E-state index contributed by atoms with van der Waals surface area (Å²) in [6.07, 6.45) is 3.97. The molecule has 1 saturated carbocycles. The second-order valence-corrected chi connectivity index (χ2v) is 9.04. The molecule has 0 aromatic heterocycles. The predicted molar refractivity (Wildman–Crippen MR) is 85.2 cm³/mol. The average molecular weight is 360 g/mol. The number of hydrogen-bond donors (Lipinski definition) is 1. The maximum absolute atomic E-state index is 12.4. The van der Waals surface area contributed by atoms with Gasteiger partial charge in [0.1, 0.15) is 0 Å². The third-order valence-corrected chi connectivity index (χ3v) is 6.51. The van der Waals surface area contributed by atoms with Gasteiger partial charge in [-0.1, -0.05) is 29.8 Å². The standard InChI is InChI=1S/C15H22BrNO2S/c1-11-10-13(4-5-14(11)16)20(18,19)17-12-6-8-15(2,3)9-7-12/h4-5,10,12,17H,6-9H2,1-3H3. The lowest BCUT2D eigenvalue weighted by atomic mass is 9.76. The van der Waals surface area contributed by atoms with Crippen LogP contribution in [0.5, 0.6) is 0 Å². The summed E-state index contributed by atoms with van der Waals surface area (Å²) in [6.45, 7) is 6.39. The van der Waals surface area contributed by atoms with Crippen molar-refractivity contribution in [2.24, 2.45) is 5.41 Å². The summed E-state index contributed by atoms with van der Waals surface area (Å²) in [5.41, 5.74) is 1.27. The first-order valence-corrected chi connectivity index (χ1v) is 9.26. The fourth-order valence-corrected chi connectivity index (χ4v) is 4.23. The molecule has 3 nitrogen and oxygen atoms in total. The zero-order valence-electron chi connectivity index (χ0n) is 12.2. The SMILES string of the molecule is Cc1cc(S(=O)(=O)NC2CCC(C)(C)CC2)ccc1Br. The van der Waals surface area contributed by atoms with E-state index in [1.54, 1.807) is 18.2 Å². The Morgan fingerprint density at radius 2 is 1.85 bits per heavy atom. The van der Waals surface area contributed by atoms with Crippen LogP contribution < -0.4 is 4.72 Å². The van der Waals surface area contributed by atoms with E-state index in [1.807, 2.05) is 6.92 Å². The third-order valence-electron chi connectivity index (χ3n) is 4.10. The Balaban J connectivity index is 2.10. The molecule has 0 radical (unpaired) electrons.